The maximum Gasteiger partial charge on any atom is 0.127 e. The molecule has 0 spiro atoms. The van der Waals surface area contributed by atoms with Crippen molar-refractivity contribution >= 4 is 22.9 Å². The molecule has 7 heteroatoms. The van der Waals surface area contributed by atoms with Crippen LogP contribution in [0.15, 0.2) is 42.7 Å². The highest BCUT2D eigenvalue weighted by molar-refractivity contribution is 7.15. The van der Waals surface area contributed by atoms with Gasteiger partial charge in [0, 0.05) is 23.3 Å². The molecule has 0 radical (unpaired) electrons. The average Bonchev–Trinajstić information content (AvgIpc) is 3.28. The molecule has 0 saturated heterocycles. The predicted molar refractivity (Wildman–Crippen MR) is 115 cm³/mol. The lowest BCUT2D eigenvalue weighted by Crippen LogP contribution is -1.98. The van der Waals surface area contributed by atoms with Gasteiger partial charge in [0.25, 0.3) is 0 Å². The van der Waals surface area contributed by atoms with Crippen molar-refractivity contribution in [1.29, 1.82) is 0 Å². The molecule has 29 heavy (non-hydrogen) atoms. The Balaban J connectivity index is 1.39. The Labute approximate surface area is 177 Å². The van der Waals surface area contributed by atoms with Crippen LogP contribution in [0.3, 0.4) is 0 Å². The number of hydrogen-bond acceptors (Lipinski definition) is 4. The van der Waals surface area contributed by atoms with E-state index in [1.807, 2.05) is 38.4 Å². The van der Waals surface area contributed by atoms with Crippen molar-refractivity contribution in [2.24, 2.45) is 0 Å². The first kappa shape index (κ1) is 19.7. The number of nitrogens with one attached hydrogen (secondary N) is 1. The minimum atomic E-state index is -0.262. The zero-order valence-corrected chi connectivity index (χ0v) is 17.7. The number of rotatable bonds is 6. The van der Waals surface area contributed by atoms with Gasteiger partial charge in [-0.05, 0) is 56.0 Å². The van der Waals surface area contributed by atoms with E-state index in [1.165, 1.54) is 6.07 Å². The molecule has 1 aromatic carbocycles. The molecule has 0 aliphatic heterocycles. The lowest BCUT2D eigenvalue weighted by atomic mass is 10.0. The first-order valence-electron chi connectivity index (χ1n) is 9.34. The number of pyridine rings is 1. The van der Waals surface area contributed by atoms with Crippen LogP contribution in [-0.4, -0.2) is 19.9 Å². The number of aromatic amines is 1. The van der Waals surface area contributed by atoms with Crippen LogP contribution < -0.4 is 0 Å². The highest BCUT2D eigenvalue weighted by atomic mass is 35.5. The summed E-state index contributed by atoms with van der Waals surface area (Å²) in [7, 11) is 0. The summed E-state index contributed by atoms with van der Waals surface area (Å²) in [6.45, 7) is 4.01. The fourth-order valence-electron chi connectivity index (χ4n) is 3.23. The molecule has 3 heterocycles. The van der Waals surface area contributed by atoms with Crippen LogP contribution in [0.5, 0.6) is 0 Å². The van der Waals surface area contributed by atoms with Crippen molar-refractivity contribution in [3.05, 3.63) is 86.9 Å². The molecule has 0 aliphatic rings. The van der Waals surface area contributed by atoms with Crippen molar-refractivity contribution in [2.45, 2.75) is 33.1 Å². The minimum absolute atomic E-state index is 0.262. The molecule has 0 fully saturated rings. The number of aryl methyl sites for hydroxylation is 4. The van der Waals surface area contributed by atoms with Crippen LogP contribution in [0.1, 0.15) is 33.3 Å². The summed E-state index contributed by atoms with van der Waals surface area (Å²) in [5.74, 6) is 0.607. The third kappa shape index (κ3) is 4.71. The zero-order valence-electron chi connectivity index (χ0n) is 16.2. The highest BCUT2D eigenvalue weighted by Gasteiger charge is 2.11. The van der Waals surface area contributed by atoms with E-state index >= 15 is 0 Å². The molecule has 4 rings (SSSR count). The second-order valence-electron chi connectivity index (χ2n) is 6.96. The average molecular weight is 427 g/mol. The van der Waals surface area contributed by atoms with Gasteiger partial charge in [0.2, 0.25) is 0 Å². The Morgan fingerprint density at radius 3 is 2.62 bits per heavy atom. The summed E-state index contributed by atoms with van der Waals surface area (Å²) in [4.78, 5) is 18.0. The summed E-state index contributed by atoms with van der Waals surface area (Å²) < 4.78 is 13.9. The molecule has 0 saturated carbocycles. The maximum absolute atomic E-state index is 13.9. The first-order chi connectivity index (χ1) is 14.0. The lowest BCUT2D eigenvalue weighted by molar-refractivity contribution is 0.608. The van der Waals surface area contributed by atoms with Crippen LogP contribution in [0.25, 0.3) is 10.6 Å². The van der Waals surface area contributed by atoms with Crippen molar-refractivity contribution in [3.8, 4) is 10.6 Å². The molecular formula is C22H20ClFN4S. The van der Waals surface area contributed by atoms with E-state index in [1.54, 1.807) is 23.5 Å². The molecule has 3 aromatic heterocycles. The van der Waals surface area contributed by atoms with Gasteiger partial charge in [0.1, 0.15) is 11.6 Å². The molecule has 4 aromatic rings. The van der Waals surface area contributed by atoms with Gasteiger partial charge < -0.3 is 4.98 Å². The second kappa shape index (κ2) is 8.43. The van der Waals surface area contributed by atoms with Crippen molar-refractivity contribution in [1.82, 2.24) is 19.9 Å². The molecule has 0 aliphatic carbocycles. The third-order valence-electron chi connectivity index (χ3n) is 4.71. The van der Waals surface area contributed by atoms with Gasteiger partial charge in [-0.2, -0.15) is 0 Å². The van der Waals surface area contributed by atoms with Gasteiger partial charge in [-0.1, -0.05) is 23.7 Å². The lowest BCUT2D eigenvalue weighted by Gasteiger charge is -2.05. The molecular weight excluding hydrogens is 407 g/mol. The normalized spacial score (nSPS) is 11.2. The predicted octanol–water partition coefficient (Wildman–Crippen LogP) is 5.71. The number of thiazole rings is 1. The van der Waals surface area contributed by atoms with Gasteiger partial charge >= 0.3 is 0 Å². The van der Waals surface area contributed by atoms with Gasteiger partial charge in [-0.25, -0.2) is 14.4 Å². The Morgan fingerprint density at radius 1 is 1.07 bits per heavy atom. The summed E-state index contributed by atoms with van der Waals surface area (Å²) >= 11 is 7.47. The first-order valence-corrected chi connectivity index (χ1v) is 10.5. The monoisotopic (exact) mass is 426 g/mol. The summed E-state index contributed by atoms with van der Waals surface area (Å²) in [5.41, 5.74) is 4.67. The Morgan fingerprint density at radius 2 is 1.93 bits per heavy atom. The van der Waals surface area contributed by atoms with Crippen LogP contribution in [0.2, 0.25) is 5.02 Å². The number of halogens is 2. The quantitative estimate of drug-likeness (QED) is 0.429. The van der Waals surface area contributed by atoms with E-state index in [-0.39, 0.29) is 5.82 Å². The van der Waals surface area contributed by atoms with Crippen LogP contribution in [0, 0.1) is 19.7 Å². The van der Waals surface area contributed by atoms with Gasteiger partial charge in [-0.15, -0.1) is 11.3 Å². The van der Waals surface area contributed by atoms with E-state index < -0.39 is 0 Å². The fraction of sp³-hybridized carbons (Fsp3) is 0.227. The summed E-state index contributed by atoms with van der Waals surface area (Å²) in [6, 6.07) is 8.84. The molecule has 4 nitrogen and oxygen atoms in total. The van der Waals surface area contributed by atoms with E-state index in [4.69, 9.17) is 11.6 Å². The molecule has 0 atom stereocenters. The molecule has 1 N–H and O–H groups in total. The van der Waals surface area contributed by atoms with Crippen molar-refractivity contribution in [2.75, 3.05) is 0 Å². The third-order valence-corrected chi connectivity index (χ3v) is 6.05. The zero-order chi connectivity index (χ0) is 20.4. The van der Waals surface area contributed by atoms with Crippen LogP contribution >= 0.6 is 22.9 Å². The molecule has 0 bridgehead atoms. The highest BCUT2D eigenvalue weighted by Crippen LogP contribution is 2.28. The number of benzene rings is 1. The Kier molecular flexibility index (Phi) is 5.74. The largest absolute Gasteiger partial charge is 0.341 e. The molecule has 0 unspecified atom stereocenters. The van der Waals surface area contributed by atoms with Crippen LogP contribution in [-0.2, 0) is 19.3 Å². The minimum Gasteiger partial charge on any atom is -0.341 e. The molecule has 0 amide bonds. The number of aromatic nitrogens is 4. The van der Waals surface area contributed by atoms with Gasteiger partial charge in [0.15, 0.2) is 0 Å². The standard InChI is InChI=1S/C22H20ClFN4S/c1-13-22(29-14(2)27-13)20-12-26-21(28-20)10-18-8-4-15(11-25-18)3-5-16-6-7-17(23)9-19(16)24/h4,6-9,11-12H,3,5,10H2,1-2H3,(H,26,28). The Hall–Kier alpha value is -2.57. The number of hydrogen-bond donors (Lipinski definition) is 1. The van der Waals surface area contributed by atoms with Crippen molar-refractivity contribution < 1.29 is 4.39 Å². The van der Waals surface area contributed by atoms with E-state index in [0.717, 1.165) is 44.8 Å². The SMILES string of the molecule is Cc1nc(C)c(-c2cnc(Cc3ccc(CCc4ccc(Cl)cc4F)cn3)[nH]2)s1. The molecule has 148 valence electrons. The van der Waals surface area contributed by atoms with E-state index in [2.05, 4.69) is 19.9 Å². The number of nitrogens with zero attached hydrogens (tertiary/aromatic N) is 3. The summed E-state index contributed by atoms with van der Waals surface area (Å²) in [6.07, 6.45) is 5.66. The van der Waals surface area contributed by atoms with Gasteiger partial charge in [-0.3, -0.25) is 4.98 Å². The van der Waals surface area contributed by atoms with Gasteiger partial charge in [0.05, 0.1) is 27.5 Å². The number of H-pyrrole nitrogens is 1. The second-order valence-corrected chi connectivity index (χ2v) is 8.60. The summed E-state index contributed by atoms with van der Waals surface area (Å²) in [5, 5.41) is 1.46. The van der Waals surface area contributed by atoms with E-state index in [9.17, 15) is 4.39 Å². The maximum atomic E-state index is 13.9. The van der Waals surface area contributed by atoms with E-state index in [0.29, 0.717) is 23.4 Å². The smallest absolute Gasteiger partial charge is 0.127 e. The Bertz CT molecular complexity index is 1130. The fourth-order valence-corrected chi connectivity index (χ4v) is 4.28. The number of imidazole rings is 1. The van der Waals surface area contributed by atoms with Crippen molar-refractivity contribution in [3.63, 3.8) is 0 Å². The topological polar surface area (TPSA) is 54.5 Å². The van der Waals surface area contributed by atoms with Crippen LogP contribution in [0.4, 0.5) is 4.39 Å².